The number of hydrogen-bond acceptors (Lipinski definition) is 7. The van der Waals surface area contributed by atoms with Gasteiger partial charge in [0.2, 0.25) is 5.91 Å². The second kappa shape index (κ2) is 7.18. The number of aromatic nitrogens is 1. The van der Waals surface area contributed by atoms with Crippen LogP contribution >= 0.6 is 35.0 Å². The Kier molecular flexibility index (Phi) is 5.03. The van der Waals surface area contributed by atoms with Gasteiger partial charge in [-0.15, -0.1) is 11.8 Å². The van der Waals surface area contributed by atoms with Crippen molar-refractivity contribution in [1.29, 1.82) is 0 Å². The normalized spacial score (nSPS) is 24.4. The van der Waals surface area contributed by atoms with Gasteiger partial charge in [0.05, 0.1) is 22.1 Å². The fourth-order valence-corrected chi connectivity index (χ4v) is 6.07. The molecule has 8 nitrogen and oxygen atoms in total. The van der Waals surface area contributed by atoms with E-state index in [1.165, 1.54) is 16.7 Å². The van der Waals surface area contributed by atoms with Crippen LogP contribution in [0.3, 0.4) is 0 Å². The standard InChI is InChI=1S/C19H17Cl2N3O5S/c1-7-10(12(23-29-7)11-8(20)5-4-6-9(11)21)15(25)22-13-16(26)24-14(18(27)28)19(2,3)30-17(13)24/h4-6,13-14,17H,1-3H3,(H,22,25)(H,27,28)/p-1/t13-,14+,17+/m1/s1. The average Bonchev–Trinajstić information content (AvgIpc) is 3.14. The van der Waals surface area contributed by atoms with E-state index in [0.717, 1.165) is 0 Å². The van der Waals surface area contributed by atoms with E-state index in [1.54, 1.807) is 39.0 Å². The molecule has 2 aromatic rings. The van der Waals surface area contributed by atoms with E-state index in [-0.39, 0.29) is 17.0 Å². The predicted octanol–water partition coefficient (Wildman–Crippen LogP) is 1.87. The van der Waals surface area contributed by atoms with Crippen LogP contribution in [0.5, 0.6) is 0 Å². The van der Waals surface area contributed by atoms with Crippen molar-refractivity contribution < 1.29 is 24.0 Å². The first-order chi connectivity index (χ1) is 14.0. The number of fused-ring (bicyclic) bond motifs is 1. The Hall–Kier alpha value is -2.23. The van der Waals surface area contributed by atoms with Crippen LogP contribution in [0.2, 0.25) is 10.0 Å². The Morgan fingerprint density at radius 2 is 1.93 bits per heavy atom. The molecule has 0 unspecified atom stereocenters. The van der Waals surface area contributed by atoms with E-state index >= 15 is 0 Å². The maximum Gasteiger partial charge on any atom is 0.257 e. The Bertz CT molecular complexity index is 1070. The number of halogens is 2. The third kappa shape index (κ3) is 3.07. The van der Waals surface area contributed by atoms with Crippen molar-refractivity contribution in [3.8, 4) is 11.3 Å². The summed E-state index contributed by atoms with van der Waals surface area (Å²) in [7, 11) is 0. The molecule has 0 bridgehead atoms. The van der Waals surface area contributed by atoms with Gasteiger partial charge in [-0.3, -0.25) is 9.59 Å². The number of benzene rings is 1. The van der Waals surface area contributed by atoms with Crippen molar-refractivity contribution in [3.63, 3.8) is 0 Å². The van der Waals surface area contributed by atoms with E-state index in [9.17, 15) is 19.5 Å². The minimum absolute atomic E-state index is 0.106. The fraction of sp³-hybridized carbons (Fsp3) is 0.368. The highest BCUT2D eigenvalue weighted by Crippen LogP contribution is 2.50. The lowest BCUT2D eigenvalue weighted by Gasteiger charge is -2.45. The summed E-state index contributed by atoms with van der Waals surface area (Å²) in [5.74, 6) is -2.16. The molecule has 3 atom stereocenters. The summed E-state index contributed by atoms with van der Waals surface area (Å²) in [4.78, 5) is 38.5. The SMILES string of the molecule is Cc1onc(-c2c(Cl)cccc2Cl)c1C(=O)N[C@@H]1C(=O)N2[C@@H](C(=O)[O-])C(C)(C)S[C@@H]12. The van der Waals surface area contributed by atoms with E-state index in [0.29, 0.717) is 15.6 Å². The van der Waals surface area contributed by atoms with Gasteiger partial charge in [-0.2, -0.15) is 0 Å². The molecule has 4 rings (SSSR count). The average molecular weight is 469 g/mol. The molecule has 1 N–H and O–H groups in total. The molecule has 0 spiro atoms. The zero-order chi connectivity index (χ0) is 22.0. The lowest BCUT2D eigenvalue weighted by molar-refractivity contribution is -0.312. The number of carbonyl (C=O) groups excluding carboxylic acids is 3. The number of nitrogens with one attached hydrogen (secondary N) is 1. The monoisotopic (exact) mass is 468 g/mol. The molecule has 2 aliphatic heterocycles. The largest absolute Gasteiger partial charge is 0.548 e. The molecule has 3 heterocycles. The maximum atomic E-state index is 13.1. The summed E-state index contributed by atoms with van der Waals surface area (Å²) in [5.41, 5.74) is 0.615. The number of carbonyl (C=O) groups is 3. The number of thioether (sulfide) groups is 1. The van der Waals surface area contributed by atoms with Crippen LogP contribution in [0.15, 0.2) is 22.7 Å². The molecule has 0 aliphatic carbocycles. The molecule has 11 heteroatoms. The number of β-lactam (4-membered cyclic amide) rings is 1. The van der Waals surface area contributed by atoms with E-state index in [1.807, 2.05) is 0 Å². The van der Waals surface area contributed by atoms with Crippen molar-refractivity contribution in [2.45, 2.75) is 43.0 Å². The maximum absolute atomic E-state index is 13.1. The summed E-state index contributed by atoms with van der Waals surface area (Å²) >= 11 is 13.8. The second-order valence-electron chi connectivity index (χ2n) is 7.59. The first-order valence-electron chi connectivity index (χ1n) is 8.97. The van der Waals surface area contributed by atoms with Gasteiger partial charge in [-0.25, -0.2) is 0 Å². The van der Waals surface area contributed by atoms with Crippen molar-refractivity contribution in [1.82, 2.24) is 15.4 Å². The van der Waals surface area contributed by atoms with E-state index in [2.05, 4.69) is 10.5 Å². The number of aliphatic carboxylic acids is 1. The third-order valence-electron chi connectivity index (χ3n) is 5.24. The van der Waals surface area contributed by atoms with Crippen LogP contribution in [0.25, 0.3) is 11.3 Å². The number of hydrogen-bond donors (Lipinski definition) is 1. The summed E-state index contributed by atoms with van der Waals surface area (Å²) in [6.07, 6.45) is 0. The Balaban J connectivity index is 1.62. The summed E-state index contributed by atoms with van der Waals surface area (Å²) in [6.45, 7) is 5.01. The molecule has 0 radical (unpaired) electrons. The van der Waals surface area contributed by atoms with Crippen molar-refractivity contribution in [2.24, 2.45) is 0 Å². The highest BCUT2D eigenvalue weighted by molar-refractivity contribution is 8.01. The highest BCUT2D eigenvalue weighted by Gasteiger charge is 2.62. The molecule has 2 amide bonds. The summed E-state index contributed by atoms with van der Waals surface area (Å²) in [6, 6.07) is 2.94. The molecular weight excluding hydrogens is 453 g/mol. The Labute approximate surface area is 185 Å². The lowest BCUT2D eigenvalue weighted by Crippen LogP contribution is -2.71. The minimum atomic E-state index is -1.32. The summed E-state index contributed by atoms with van der Waals surface area (Å²) < 4.78 is 4.45. The zero-order valence-corrected chi connectivity index (χ0v) is 18.4. The van der Waals surface area contributed by atoms with Gasteiger partial charge in [0, 0.05) is 10.3 Å². The van der Waals surface area contributed by atoms with Crippen LogP contribution in [0.1, 0.15) is 30.0 Å². The van der Waals surface area contributed by atoms with Gasteiger partial charge in [0.15, 0.2) is 0 Å². The van der Waals surface area contributed by atoms with Crippen molar-refractivity contribution >= 4 is 52.7 Å². The van der Waals surface area contributed by atoms with Crippen LogP contribution in [0.4, 0.5) is 0 Å². The predicted molar refractivity (Wildman–Crippen MR) is 109 cm³/mol. The molecule has 2 aliphatic rings. The van der Waals surface area contributed by atoms with Crippen molar-refractivity contribution in [3.05, 3.63) is 39.6 Å². The Morgan fingerprint density at radius 1 is 1.30 bits per heavy atom. The molecule has 0 saturated carbocycles. The number of carboxylic acids is 1. The Morgan fingerprint density at radius 3 is 2.53 bits per heavy atom. The molecule has 1 aromatic carbocycles. The van der Waals surface area contributed by atoms with Gasteiger partial charge < -0.3 is 24.6 Å². The number of carboxylic acid groups (broad SMARTS) is 1. The van der Waals surface area contributed by atoms with Crippen molar-refractivity contribution in [2.75, 3.05) is 0 Å². The summed E-state index contributed by atoms with van der Waals surface area (Å²) in [5, 5.41) is 18.2. The van der Waals surface area contributed by atoms with E-state index in [4.69, 9.17) is 27.7 Å². The first-order valence-corrected chi connectivity index (χ1v) is 10.6. The molecule has 1 aromatic heterocycles. The van der Waals surface area contributed by atoms with Crippen LogP contribution in [0, 0.1) is 6.92 Å². The topological polar surface area (TPSA) is 116 Å². The molecule has 158 valence electrons. The highest BCUT2D eigenvalue weighted by atomic mass is 35.5. The number of rotatable bonds is 4. The van der Waals surface area contributed by atoms with Crippen LogP contribution in [-0.2, 0) is 9.59 Å². The minimum Gasteiger partial charge on any atom is -0.548 e. The lowest BCUT2D eigenvalue weighted by atomic mass is 9.95. The van der Waals surface area contributed by atoms with Gasteiger partial charge >= 0.3 is 0 Å². The van der Waals surface area contributed by atoms with E-state index < -0.39 is 40.0 Å². The number of amides is 2. The quantitative estimate of drug-likeness (QED) is 0.680. The smallest absolute Gasteiger partial charge is 0.257 e. The van der Waals surface area contributed by atoms with Gasteiger partial charge in [-0.1, -0.05) is 34.4 Å². The van der Waals surface area contributed by atoms with Crippen LogP contribution in [-0.4, -0.2) is 50.0 Å². The number of nitrogens with zero attached hydrogens (tertiary/aromatic N) is 2. The van der Waals surface area contributed by atoms with Gasteiger partial charge in [0.25, 0.3) is 5.91 Å². The molecule has 30 heavy (non-hydrogen) atoms. The van der Waals surface area contributed by atoms with Crippen LogP contribution < -0.4 is 10.4 Å². The first kappa shape index (κ1) is 21.0. The molecule has 2 saturated heterocycles. The third-order valence-corrected chi connectivity index (χ3v) is 7.44. The van der Waals surface area contributed by atoms with Gasteiger partial charge in [0.1, 0.15) is 28.4 Å². The zero-order valence-electron chi connectivity index (χ0n) is 16.1. The fourth-order valence-electron chi connectivity index (χ4n) is 3.87. The van der Waals surface area contributed by atoms with Gasteiger partial charge in [-0.05, 0) is 32.9 Å². The molecular formula is C19H16Cl2N3O5S-. The number of aryl methyl sites for hydroxylation is 1. The molecule has 2 fully saturated rings. The second-order valence-corrected chi connectivity index (χ2v) is 10.2.